The summed E-state index contributed by atoms with van der Waals surface area (Å²) in [5, 5.41) is 0. The van der Waals surface area contributed by atoms with E-state index in [0.29, 0.717) is 23.8 Å². The van der Waals surface area contributed by atoms with Crippen LogP contribution in [0.3, 0.4) is 0 Å². The molecule has 0 radical (unpaired) electrons. The van der Waals surface area contributed by atoms with Crippen LogP contribution in [0.2, 0.25) is 0 Å². The van der Waals surface area contributed by atoms with E-state index in [1.165, 1.54) is 44.2 Å². The lowest BCUT2D eigenvalue weighted by molar-refractivity contribution is -0.138. The van der Waals surface area contributed by atoms with Crippen LogP contribution in [0.15, 0.2) is 28.8 Å². The first-order valence-electron chi connectivity index (χ1n) is 9.81. The monoisotopic (exact) mass is 327 g/mol. The Morgan fingerprint density at radius 2 is 2.00 bits per heavy atom. The van der Waals surface area contributed by atoms with Crippen molar-refractivity contribution in [2.24, 2.45) is 28.7 Å². The minimum Gasteiger partial charge on any atom is -0.459 e. The number of aliphatic imine (C=N–C) groups is 1. The van der Waals surface area contributed by atoms with Crippen LogP contribution in [0.1, 0.15) is 58.8 Å². The molecule has 6 atom stereocenters. The van der Waals surface area contributed by atoms with Crippen molar-refractivity contribution in [3.63, 3.8) is 0 Å². The molecule has 0 bridgehead atoms. The number of esters is 1. The van der Waals surface area contributed by atoms with Gasteiger partial charge in [-0.05, 0) is 69.8 Å². The summed E-state index contributed by atoms with van der Waals surface area (Å²) in [7, 11) is 0. The van der Waals surface area contributed by atoms with Crippen molar-refractivity contribution in [1.82, 2.24) is 0 Å². The molecule has 130 valence electrons. The summed E-state index contributed by atoms with van der Waals surface area (Å²) in [5.41, 5.74) is 2.20. The highest BCUT2D eigenvalue weighted by Gasteiger charge is 2.48. The molecule has 0 aromatic rings. The highest BCUT2D eigenvalue weighted by atomic mass is 16.5. The second-order valence-corrected chi connectivity index (χ2v) is 8.17. The number of cyclic esters (lactones) is 1. The minimum atomic E-state index is -0.0708. The van der Waals surface area contributed by atoms with E-state index in [2.05, 4.69) is 32.1 Å². The number of ether oxygens (including phenoxy) is 1. The maximum atomic E-state index is 12.2. The molecule has 0 spiro atoms. The molecule has 0 unspecified atom stereocenters. The highest BCUT2D eigenvalue weighted by molar-refractivity contribution is 5.95. The molecule has 24 heavy (non-hydrogen) atoms. The van der Waals surface area contributed by atoms with Crippen LogP contribution >= 0.6 is 0 Å². The molecule has 1 saturated carbocycles. The van der Waals surface area contributed by atoms with Gasteiger partial charge in [-0.2, -0.15) is 0 Å². The molecule has 4 rings (SSSR count). The maximum Gasteiger partial charge on any atom is 0.334 e. The van der Waals surface area contributed by atoms with E-state index >= 15 is 0 Å². The number of hydrogen-bond acceptors (Lipinski definition) is 3. The summed E-state index contributed by atoms with van der Waals surface area (Å²) >= 11 is 0. The van der Waals surface area contributed by atoms with E-state index in [9.17, 15) is 4.79 Å². The Morgan fingerprint density at radius 1 is 1.17 bits per heavy atom. The predicted molar refractivity (Wildman–Crippen MR) is 96.0 cm³/mol. The fraction of sp³-hybridized carbons (Fsp3) is 0.714. The van der Waals surface area contributed by atoms with Crippen LogP contribution in [0.25, 0.3) is 0 Å². The molecule has 0 amide bonds. The first-order chi connectivity index (χ1) is 11.6. The van der Waals surface area contributed by atoms with Gasteiger partial charge < -0.3 is 4.74 Å². The Balaban J connectivity index is 1.64. The smallest absolute Gasteiger partial charge is 0.334 e. The summed E-state index contributed by atoms with van der Waals surface area (Å²) in [6.07, 6.45) is 15.6. The molecule has 2 aliphatic carbocycles. The number of hydrogen-bond donors (Lipinski definition) is 0. The van der Waals surface area contributed by atoms with Crippen LogP contribution in [0.4, 0.5) is 0 Å². The van der Waals surface area contributed by atoms with Crippen molar-refractivity contribution >= 4 is 11.7 Å². The van der Waals surface area contributed by atoms with Gasteiger partial charge in [0.05, 0.1) is 0 Å². The average Bonchev–Trinajstić information content (AvgIpc) is 2.86. The van der Waals surface area contributed by atoms with Crippen molar-refractivity contribution in [1.29, 1.82) is 0 Å². The zero-order chi connectivity index (χ0) is 16.7. The number of rotatable bonds is 2. The van der Waals surface area contributed by atoms with Crippen LogP contribution in [-0.4, -0.2) is 23.8 Å². The number of allylic oxidation sites excluding steroid dienone is 3. The van der Waals surface area contributed by atoms with E-state index in [-0.39, 0.29) is 18.0 Å². The van der Waals surface area contributed by atoms with Gasteiger partial charge in [-0.3, -0.25) is 4.99 Å². The lowest BCUT2D eigenvalue weighted by atomic mass is 9.62. The van der Waals surface area contributed by atoms with Gasteiger partial charge >= 0.3 is 5.97 Å². The Hall–Kier alpha value is -1.38. The van der Waals surface area contributed by atoms with E-state index in [4.69, 9.17) is 9.73 Å². The molecular formula is C21H29NO2. The molecule has 3 nitrogen and oxygen atoms in total. The second kappa shape index (κ2) is 6.50. The Kier molecular flexibility index (Phi) is 4.36. The van der Waals surface area contributed by atoms with Gasteiger partial charge in [0, 0.05) is 23.2 Å². The number of nitrogens with zero attached hydrogens (tertiary/aromatic N) is 1. The average molecular weight is 327 g/mol. The molecule has 0 aromatic carbocycles. The third-order valence-electron chi connectivity index (χ3n) is 6.52. The molecule has 0 aromatic heterocycles. The van der Waals surface area contributed by atoms with Gasteiger partial charge in [0.15, 0.2) is 0 Å². The summed E-state index contributed by atoms with van der Waals surface area (Å²) in [5.74, 6) is 1.83. The summed E-state index contributed by atoms with van der Waals surface area (Å²) in [6, 6.07) is 0.456. The van der Waals surface area contributed by atoms with Crippen molar-refractivity contribution in [3.8, 4) is 0 Å². The normalized spacial score (nSPS) is 42.2. The standard InChI is InChI=1S/C21H29NO2/c1-13-6-5-8-16(22-13)10-11-18-17-9-4-3-7-15(17)12-19-20(18)14(2)24-21(19)23/h10-15,17-18,20H,3-9H2,1-2H3/b11-10+/t13-,14-,15+,17-,18+,20+/m0/s1. The molecule has 1 saturated heterocycles. The lowest BCUT2D eigenvalue weighted by Crippen LogP contribution is -2.37. The van der Waals surface area contributed by atoms with Crippen molar-refractivity contribution in [2.75, 3.05) is 0 Å². The van der Waals surface area contributed by atoms with E-state index in [1.807, 2.05) is 0 Å². The van der Waals surface area contributed by atoms with E-state index in [0.717, 1.165) is 12.0 Å². The molecule has 2 aliphatic heterocycles. The van der Waals surface area contributed by atoms with Gasteiger partial charge in [-0.15, -0.1) is 0 Å². The van der Waals surface area contributed by atoms with Gasteiger partial charge in [0.2, 0.25) is 0 Å². The summed E-state index contributed by atoms with van der Waals surface area (Å²) in [6.45, 7) is 4.27. The molecule has 0 N–H and O–H groups in total. The van der Waals surface area contributed by atoms with Crippen LogP contribution < -0.4 is 0 Å². The number of carbonyl (C=O) groups excluding carboxylic acids is 1. The largest absolute Gasteiger partial charge is 0.459 e. The zero-order valence-corrected chi connectivity index (χ0v) is 14.9. The van der Waals surface area contributed by atoms with Crippen molar-refractivity contribution in [2.45, 2.75) is 70.9 Å². The van der Waals surface area contributed by atoms with Crippen LogP contribution in [-0.2, 0) is 9.53 Å². The fourth-order valence-electron chi connectivity index (χ4n) is 5.37. The Bertz CT molecular complexity index is 603. The van der Waals surface area contributed by atoms with Crippen molar-refractivity contribution in [3.05, 3.63) is 23.8 Å². The molecular weight excluding hydrogens is 298 g/mol. The van der Waals surface area contributed by atoms with Crippen LogP contribution in [0, 0.1) is 23.7 Å². The Morgan fingerprint density at radius 3 is 2.83 bits per heavy atom. The minimum absolute atomic E-state index is 0.00787. The lowest BCUT2D eigenvalue weighted by Gasteiger charge is -2.41. The Labute approximate surface area is 145 Å². The summed E-state index contributed by atoms with van der Waals surface area (Å²) in [4.78, 5) is 17.1. The van der Waals surface area contributed by atoms with Gasteiger partial charge in [0.25, 0.3) is 0 Å². The SMILES string of the molecule is C[C@@H]1OC(=O)C2=C[C@H]3CCCC[C@@H]3[C@@H](/C=C/C3=N[C@@H](C)CCC3)[C@H]21. The van der Waals surface area contributed by atoms with Gasteiger partial charge in [0.1, 0.15) is 6.10 Å². The fourth-order valence-corrected chi connectivity index (χ4v) is 5.37. The second-order valence-electron chi connectivity index (χ2n) is 8.17. The first kappa shape index (κ1) is 16.1. The molecule has 2 heterocycles. The quantitative estimate of drug-likeness (QED) is 0.701. The zero-order valence-electron chi connectivity index (χ0n) is 14.9. The number of carbonyl (C=O) groups is 1. The van der Waals surface area contributed by atoms with Gasteiger partial charge in [-0.1, -0.05) is 25.0 Å². The molecule has 3 heteroatoms. The van der Waals surface area contributed by atoms with E-state index in [1.54, 1.807) is 0 Å². The highest BCUT2D eigenvalue weighted by Crippen LogP contribution is 2.50. The topological polar surface area (TPSA) is 38.7 Å². The van der Waals surface area contributed by atoms with E-state index < -0.39 is 0 Å². The van der Waals surface area contributed by atoms with Gasteiger partial charge in [-0.25, -0.2) is 4.79 Å². The number of fused-ring (bicyclic) bond motifs is 2. The third-order valence-corrected chi connectivity index (χ3v) is 6.52. The van der Waals surface area contributed by atoms with Crippen LogP contribution in [0.5, 0.6) is 0 Å². The first-order valence-corrected chi connectivity index (χ1v) is 9.81. The van der Waals surface area contributed by atoms with Crippen molar-refractivity contribution < 1.29 is 9.53 Å². The predicted octanol–water partition coefficient (Wildman–Crippen LogP) is 4.48. The molecule has 4 aliphatic rings. The summed E-state index contributed by atoms with van der Waals surface area (Å²) < 4.78 is 5.58. The third kappa shape index (κ3) is 2.87. The molecule has 2 fully saturated rings. The maximum absolute atomic E-state index is 12.2.